The molecule has 1 aromatic carbocycles. The lowest BCUT2D eigenvalue weighted by Gasteiger charge is -2.09. The van der Waals surface area contributed by atoms with Gasteiger partial charge in [0, 0.05) is 32.4 Å². The fourth-order valence-electron chi connectivity index (χ4n) is 2.28. The van der Waals surface area contributed by atoms with Crippen LogP contribution in [0, 0.1) is 0 Å². The maximum atomic E-state index is 12.3. The van der Waals surface area contributed by atoms with Crippen LogP contribution >= 0.6 is 0 Å². The van der Waals surface area contributed by atoms with Gasteiger partial charge in [0.1, 0.15) is 11.5 Å². The highest BCUT2D eigenvalue weighted by Crippen LogP contribution is 2.07. The second kappa shape index (κ2) is 6.35. The number of para-hydroxylation sites is 1. The quantitative estimate of drug-likeness (QED) is 0.766. The van der Waals surface area contributed by atoms with E-state index in [-0.39, 0.29) is 17.2 Å². The Kier molecular flexibility index (Phi) is 4.09. The van der Waals surface area contributed by atoms with E-state index in [1.54, 1.807) is 19.2 Å². The van der Waals surface area contributed by atoms with Crippen molar-refractivity contribution >= 4 is 16.8 Å². The number of amides is 1. The van der Waals surface area contributed by atoms with Crippen molar-refractivity contribution in [2.24, 2.45) is 7.05 Å². The Bertz CT molecular complexity index is 905. The van der Waals surface area contributed by atoms with Gasteiger partial charge in [0.05, 0.1) is 17.1 Å². The second-order valence-electron chi connectivity index (χ2n) is 5.01. The molecular weight excluding hydrogens is 294 g/mol. The van der Waals surface area contributed by atoms with Crippen LogP contribution in [-0.2, 0) is 13.5 Å². The van der Waals surface area contributed by atoms with Gasteiger partial charge in [0.15, 0.2) is 0 Å². The van der Waals surface area contributed by atoms with E-state index in [4.69, 9.17) is 0 Å². The summed E-state index contributed by atoms with van der Waals surface area (Å²) in [5.41, 5.74) is 0.824. The lowest BCUT2D eigenvalue weighted by atomic mass is 10.2. The van der Waals surface area contributed by atoms with Crippen molar-refractivity contribution in [3.8, 4) is 0 Å². The van der Waals surface area contributed by atoms with Gasteiger partial charge in [-0.2, -0.15) is 0 Å². The first kappa shape index (κ1) is 14.8. The topological polar surface area (TPSA) is 89.8 Å². The summed E-state index contributed by atoms with van der Waals surface area (Å²) in [5.74, 6) is 0.317. The first-order chi connectivity index (χ1) is 11.2. The normalized spacial score (nSPS) is 10.7. The molecule has 3 rings (SSSR count). The van der Waals surface area contributed by atoms with Gasteiger partial charge >= 0.3 is 0 Å². The third-order valence-corrected chi connectivity index (χ3v) is 3.51. The van der Waals surface area contributed by atoms with Gasteiger partial charge in [-0.25, -0.2) is 9.97 Å². The summed E-state index contributed by atoms with van der Waals surface area (Å²) in [4.78, 5) is 36.5. The van der Waals surface area contributed by atoms with Gasteiger partial charge in [0.25, 0.3) is 11.5 Å². The Balaban J connectivity index is 1.74. The van der Waals surface area contributed by atoms with Crippen molar-refractivity contribution in [1.82, 2.24) is 24.8 Å². The highest BCUT2D eigenvalue weighted by Gasteiger charge is 2.09. The summed E-state index contributed by atoms with van der Waals surface area (Å²) < 4.78 is 1.51. The zero-order chi connectivity index (χ0) is 16.2. The van der Waals surface area contributed by atoms with E-state index >= 15 is 0 Å². The minimum Gasteiger partial charge on any atom is -0.350 e. The minimum atomic E-state index is -0.302. The van der Waals surface area contributed by atoms with E-state index in [1.807, 2.05) is 12.1 Å². The fraction of sp³-hybridized carbons (Fsp3) is 0.188. The Labute approximate surface area is 132 Å². The first-order valence-corrected chi connectivity index (χ1v) is 7.15. The van der Waals surface area contributed by atoms with Crippen LogP contribution in [0.2, 0.25) is 0 Å². The van der Waals surface area contributed by atoms with Crippen LogP contribution in [0.5, 0.6) is 0 Å². The number of rotatable bonds is 4. The first-order valence-electron chi connectivity index (χ1n) is 7.15. The average molecular weight is 309 g/mol. The summed E-state index contributed by atoms with van der Waals surface area (Å²) >= 11 is 0. The summed E-state index contributed by atoms with van der Waals surface area (Å²) in [5, 5.41) is 3.33. The maximum Gasteiger partial charge on any atom is 0.271 e. The molecule has 2 heterocycles. The van der Waals surface area contributed by atoms with E-state index in [9.17, 15) is 9.59 Å². The van der Waals surface area contributed by atoms with E-state index in [1.165, 1.54) is 23.2 Å². The molecule has 2 aromatic heterocycles. The lowest BCUT2D eigenvalue weighted by molar-refractivity contribution is 0.0948. The van der Waals surface area contributed by atoms with Crippen LogP contribution < -0.4 is 10.9 Å². The number of aromatic nitrogens is 4. The fourth-order valence-corrected chi connectivity index (χ4v) is 2.28. The predicted molar refractivity (Wildman–Crippen MR) is 85.1 cm³/mol. The number of hydrogen-bond acceptors (Lipinski definition) is 5. The van der Waals surface area contributed by atoms with Crippen molar-refractivity contribution < 1.29 is 4.79 Å². The number of benzene rings is 1. The summed E-state index contributed by atoms with van der Waals surface area (Å²) in [6.07, 6.45) is 4.82. The van der Waals surface area contributed by atoms with Crippen molar-refractivity contribution in [2.45, 2.75) is 6.42 Å². The molecule has 0 aliphatic heterocycles. The standard InChI is InChI=1S/C16H15N5O2/c1-21-14(20-12-5-3-2-4-11(12)16(21)23)6-7-19-15(22)13-10-17-8-9-18-13/h2-5,8-10H,6-7H2,1H3,(H,19,22). The number of carbonyl (C=O) groups is 1. The molecule has 0 spiro atoms. The third kappa shape index (κ3) is 3.08. The third-order valence-electron chi connectivity index (χ3n) is 3.51. The van der Waals surface area contributed by atoms with Gasteiger partial charge in [-0.3, -0.25) is 19.1 Å². The molecule has 0 atom stereocenters. The van der Waals surface area contributed by atoms with Gasteiger partial charge < -0.3 is 5.32 Å². The highest BCUT2D eigenvalue weighted by atomic mass is 16.2. The SMILES string of the molecule is Cn1c(CCNC(=O)c2cnccn2)nc2ccccc2c1=O. The van der Waals surface area contributed by atoms with E-state index in [0.717, 1.165) is 0 Å². The molecule has 0 fully saturated rings. The molecule has 0 saturated heterocycles. The predicted octanol–water partition coefficient (Wildman–Crippen LogP) is 0.696. The molecule has 1 amide bonds. The molecule has 0 unspecified atom stereocenters. The second-order valence-corrected chi connectivity index (χ2v) is 5.01. The van der Waals surface area contributed by atoms with Crippen molar-refractivity contribution in [1.29, 1.82) is 0 Å². The highest BCUT2D eigenvalue weighted by molar-refractivity contribution is 5.91. The Morgan fingerprint density at radius 2 is 2.09 bits per heavy atom. The minimum absolute atomic E-state index is 0.0918. The Morgan fingerprint density at radius 3 is 2.87 bits per heavy atom. The molecule has 0 aliphatic rings. The molecule has 0 saturated carbocycles. The Morgan fingerprint density at radius 1 is 1.26 bits per heavy atom. The number of hydrogen-bond donors (Lipinski definition) is 1. The van der Waals surface area contributed by atoms with Crippen molar-refractivity contribution in [3.05, 3.63) is 64.7 Å². The van der Waals surface area contributed by atoms with E-state index in [0.29, 0.717) is 29.7 Å². The lowest BCUT2D eigenvalue weighted by Crippen LogP contribution is -2.29. The molecule has 116 valence electrons. The number of nitrogens with one attached hydrogen (secondary N) is 1. The Hall–Kier alpha value is -3.09. The van der Waals surface area contributed by atoms with E-state index in [2.05, 4.69) is 20.3 Å². The van der Waals surface area contributed by atoms with Crippen LogP contribution in [0.25, 0.3) is 10.9 Å². The maximum absolute atomic E-state index is 12.3. The zero-order valence-electron chi connectivity index (χ0n) is 12.6. The average Bonchev–Trinajstić information content (AvgIpc) is 2.60. The molecule has 0 bridgehead atoms. The van der Waals surface area contributed by atoms with Gasteiger partial charge in [-0.15, -0.1) is 0 Å². The van der Waals surface area contributed by atoms with E-state index < -0.39 is 0 Å². The van der Waals surface area contributed by atoms with Gasteiger partial charge in [-0.1, -0.05) is 12.1 Å². The molecular formula is C16H15N5O2. The molecule has 23 heavy (non-hydrogen) atoms. The number of carbonyl (C=O) groups excluding carboxylic acids is 1. The number of fused-ring (bicyclic) bond motifs is 1. The van der Waals surface area contributed by atoms with Gasteiger partial charge in [-0.05, 0) is 12.1 Å². The summed E-state index contributed by atoms with van der Waals surface area (Å²) in [6, 6.07) is 7.21. The zero-order valence-corrected chi connectivity index (χ0v) is 12.6. The summed E-state index contributed by atoms with van der Waals surface area (Å²) in [7, 11) is 1.68. The van der Waals surface area contributed by atoms with Crippen LogP contribution in [0.15, 0.2) is 47.7 Å². The molecule has 0 radical (unpaired) electrons. The smallest absolute Gasteiger partial charge is 0.271 e. The monoisotopic (exact) mass is 309 g/mol. The molecule has 1 N–H and O–H groups in total. The van der Waals surface area contributed by atoms with Gasteiger partial charge in [0.2, 0.25) is 0 Å². The van der Waals surface area contributed by atoms with Crippen LogP contribution in [0.4, 0.5) is 0 Å². The van der Waals surface area contributed by atoms with Crippen LogP contribution in [-0.4, -0.2) is 32.0 Å². The summed E-state index contributed by atoms with van der Waals surface area (Å²) in [6.45, 7) is 0.355. The van der Waals surface area contributed by atoms with Crippen molar-refractivity contribution in [2.75, 3.05) is 6.54 Å². The van der Waals surface area contributed by atoms with Crippen LogP contribution in [0.1, 0.15) is 16.3 Å². The molecule has 7 nitrogen and oxygen atoms in total. The molecule has 7 heteroatoms. The molecule has 0 aliphatic carbocycles. The number of nitrogens with zero attached hydrogens (tertiary/aromatic N) is 4. The molecule has 3 aromatic rings. The largest absolute Gasteiger partial charge is 0.350 e. The van der Waals surface area contributed by atoms with Crippen molar-refractivity contribution in [3.63, 3.8) is 0 Å². The van der Waals surface area contributed by atoms with Crippen LogP contribution in [0.3, 0.4) is 0 Å².